The third-order valence-electron chi connectivity index (χ3n) is 2.77. The number of hydrogen-bond donors (Lipinski definition) is 1. The quantitative estimate of drug-likeness (QED) is 0.886. The van der Waals surface area contributed by atoms with Gasteiger partial charge in [0.15, 0.2) is 0 Å². The third-order valence-corrected chi connectivity index (χ3v) is 4.43. The highest BCUT2D eigenvalue weighted by Crippen LogP contribution is 2.35. The fourth-order valence-electron chi connectivity index (χ4n) is 1.94. The minimum Gasteiger partial charge on any atom is -0.478 e. The normalized spacial score (nSPS) is 16.6. The molecule has 86 valence electrons. The van der Waals surface area contributed by atoms with Gasteiger partial charge < -0.3 is 5.11 Å². The molecule has 0 amide bonds. The molecule has 2 rings (SSSR count). The van der Waals surface area contributed by atoms with Gasteiger partial charge in [-0.25, -0.2) is 4.79 Å². The number of carbonyl (C=O) groups is 1. The van der Waals surface area contributed by atoms with E-state index in [2.05, 4.69) is 0 Å². The predicted octanol–water partition coefficient (Wildman–Crippen LogP) is 4.07. The molecule has 4 heteroatoms. The van der Waals surface area contributed by atoms with E-state index in [1.54, 1.807) is 23.9 Å². The van der Waals surface area contributed by atoms with E-state index in [1.807, 2.05) is 6.07 Å². The number of hydrogen-bond acceptors (Lipinski definition) is 2. The maximum absolute atomic E-state index is 10.9. The van der Waals surface area contributed by atoms with Crippen LogP contribution in [0.3, 0.4) is 0 Å². The van der Waals surface area contributed by atoms with Crippen LogP contribution < -0.4 is 0 Å². The molecule has 0 aromatic heterocycles. The molecular formula is C12H13ClO2S. The van der Waals surface area contributed by atoms with Crippen molar-refractivity contribution in [1.29, 1.82) is 0 Å². The number of aromatic carboxylic acids is 1. The van der Waals surface area contributed by atoms with Crippen LogP contribution >= 0.6 is 23.4 Å². The Kier molecular flexibility index (Phi) is 3.77. The molecule has 2 nitrogen and oxygen atoms in total. The van der Waals surface area contributed by atoms with Crippen LogP contribution in [0.4, 0.5) is 0 Å². The standard InChI is InChI=1S/C12H13ClO2S/c13-11-6-5-9(7-10(11)12(14)15)16-8-3-1-2-4-8/h5-8H,1-4H2,(H,14,15). The van der Waals surface area contributed by atoms with Crippen LogP contribution in [0.25, 0.3) is 0 Å². The number of carboxylic acids is 1. The van der Waals surface area contributed by atoms with Gasteiger partial charge >= 0.3 is 5.97 Å². The van der Waals surface area contributed by atoms with Gasteiger partial charge in [-0.1, -0.05) is 24.4 Å². The average molecular weight is 257 g/mol. The smallest absolute Gasteiger partial charge is 0.337 e. The molecule has 0 heterocycles. The molecule has 1 aliphatic rings. The molecule has 1 aromatic carbocycles. The number of carboxylic acid groups (broad SMARTS) is 1. The lowest BCUT2D eigenvalue weighted by Gasteiger charge is -2.09. The van der Waals surface area contributed by atoms with E-state index in [1.165, 1.54) is 25.7 Å². The van der Waals surface area contributed by atoms with Crippen LogP contribution in [0.2, 0.25) is 5.02 Å². The number of rotatable bonds is 3. The topological polar surface area (TPSA) is 37.3 Å². The summed E-state index contributed by atoms with van der Waals surface area (Å²) in [4.78, 5) is 11.9. The number of halogens is 1. The van der Waals surface area contributed by atoms with Crippen molar-refractivity contribution in [1.82, 2.24) is 0 Å². The van der Waals surface area contributed by atoms with Gasteiger partial charge in [-0.3, -0.25) is 0 Å². The molecule has 0 unspecified atom stereocenters. The predicted molar refractivity (Wildman–Crippen MR) is 66.5 cm³/mol. The van der Waals surface area contributed by atoms with Gasteiger partial charge in [0.25, 0.3) is 0 Å². The van der Waals surface area contributed by atoms with Crippen molar-refractivity contribution in [3.63, 3.8) is 0 Å². The van der Waals surface area contributed by atoms with Gasteiger partial charge in [0.2, 0.25) is 0 Å². The minimum absolute atomic E-state index is 0.199. The van der Waals surface area contributed by atoms with Crippen molar-refractivity contribution in [2.75, 3.05) is 0 Å². The number of benzene rings is 1. The van der Waals surface area contributed by atoms with E-state index in [9.17, 15) is 4.79 Å². The first kappa shape index (κ1) is 11.8. The van der Waals surface area contributed by atoms with E-state index in [-0.39, 0.29) is 5.56 Å². The van der Waals surface area contributed by atoms with Crippen LogP contribution in [0.5, 0.6) is 0 Å². The van der Waals surface area contributed by atoms with Crippen LogP contribution in [-0.4, -0.2) is 16.3 Å². The molecule has 16 heavy (non-hydrogen) atoms. The maximum atomic E-state index is 10.9. The van der Waals surface area contributed by atoms with Crippen LogP contribution in [0.15, 0.2) is 23.1 Å². The van der Waals surface area contributed by atoms with Gasteiger partial charge in [-0.2, -0.15) is 0 Å². The van der Waals surface area contributed by atoms with Crippen molar-refractivity contribution in [3.05, 3.63) is 28.8 Å². The van der Waals surface area contributed by atoms with Gasteiger partial charge in [0.1, 0.15) is 0 Å². The lowest BCUT2D eigenvalue weighted by molar-refractivity contribution is 0.0697. The second-order valence-corrected chi connectivity index (χ2v) is 5.75. The fourth-order valence-corrected chi connectivity index (χ4v) is 3.43. The summed E-state index contributed by atoms with van der Waals surface area (Å²) in [5, 5.41) is 9.91. The van der Waals surface area contributed by atoms with Gasteiger partial charge in [0, 0.05) is 10.1 Å². The Morgan fingerprint density at radius 1 is 1.38 bits per heavy atom. The molecule has 1 fully saturated rings. The van der Waals surface area contributed by atoms with E-state index in [4.69, 9.17) is 16.7 Å². The van der Waals surface area contributed by atoms with Gasteiger partial charge in [-0.05, 0) is 31.0 Å². The summed E-state index contributed by atoms with van der Waals surface area (Å²) in [5.41, 5.74) is 0.199. The zero-order valence-electron chi connectivity index (χ0n) is 8.78. The van der Waals surface area contributed by atoms with Crippen LogP contribution in [-0.2, 0) is 0 Å². The second kappa shape index (κ2) is 5.11. The van der Waals surface area contributed by atoms with Crippen LogP contribution in [0, 0.1) is 0 Å². The summed E-state index contributed by atoms with van der Waals surface area (Å²) in [6.07, 6.45) is 5.04. The molecular weight excluding hydrogens is 244 g/mol. The zero-order valence-corrected chi connectivity index (χ0v) is 10.4. The number of thioether (sulfide) groups is 1. The minimum atomic E-state index is -0.959. The van der Waals surface area contributed by atoms with Crippen molar-refractivity contribution in [2.45, 2.75) is 35.8 Å². The third kappa shape index (κ3) is 2.71. The Bertz CT molecular complexity index is 400. The molecule has 0 spiro atoms. The van der Waals surface area contributed by atoms with E-state index in [0.717, 1.165) is 4.90 Å². The highest BCUT2D eigenvalue weighted by atomic mass is 35.5. The molecule has 0 saturated heterocycles. The summed E-state index contributed by atoms with van der Waals surface area (Å²) in [6.45, 7) is 0. The Hall–Kier alpha value is -0.670. The lowest BCUT2D eigenvalue weighted by atomic mass is 10.2. The van der Waals surface area contributed by atoms with Crippen molar-refractivity contribution < 1.29 is 9.90 Å². The van der Waals surface area contributed by atoms with Crippen molar-refractivity contribution in [3.8, 4) is 0 Å². The molecule has 1 saturated carbocycles. The molecule has 1 aliphatic carbocycles. The summed E-state index contributed by atoms with van der Waals surface area (Å²) >= 11 is 7.59. The first-order chi connectivity index (χ1) is 7.66. The van der Waals surface area contributed by atoms with E-state index >= 15 is 0 Å². The Morgan fingerprint density at radius 3 is 2.69 bits per heavy atom. The summed E-state index contributed by atoms with van der Waals surface area (Å²) in [7, 11) is 0. The molecule has 0 aliphatic heterocycles. The highest BCUT2D eigenvalue weighted by Gasteiger charge is 2.17. The zero-order chi connectivity index (χ0) is 11.5. The molecule has 0 radical (unpaired) electrons. The molecule has 1 aromatic rings. The van der Waals surface area contributed by atoms with Crippen LogP contribution in [0.1, 0.15) is 36.0 Å². The van der Waals surface area contributed by atoms with Crippen molar-refractivity contribution in [2.24, 2.45) is 0 Å². The molecule has 1 N–H and O–H groups in total. The Balaban J connectivity index is 2.15. The second-order valence-electron chi connectivity index (χ2n) is 3.97. The first-order valence-corrected chi connectivity index (χ1v) is 6.62. The summed E-state index contributed by atoms with van der Waals surface area (Å²) < 4.78 is 0. The van der Waals surface area contributed by atoms with E-state index < -0.39 is 5.97 Å². The molecule has 0 atom stereocenters. The fraction of sp³-hybridized carbons (Fsp3) is 0.417. The Morgan fingerprint density at radius 2 is 2.06 bits per heavy atom. The highest BCUT2D eigenvalue weighted by molar-refractivity contribution is 8.00. The van der Waals surface area contributed by atoms with Crippen molar-refractivity contribution >= 4 is 29.3 Å². The SMILES string of the molecule is O=C(O)c1cc(SC2CCCC2)ccc1Cl. The van der Waals surface area contributed by atoms with Gasteiger partial charge in [0.05, 0.1) is 10.6 Å². The summed E-state index contributed by atoms with van der Waals surface area (Å²) in [6, 6.07) is 5.24. The van der Waals surface area contributed by atoms with Gasteiger partial charge in [-0.15, -0.1) is 11.8 Å². The Labute approximate surface area is 104 Å². The average Bonchev–Trinajstić information content (AvgIpc) is 2.73. The molecule has 0 bridgehead atoms. The maximum Gasteiger partial charge on any atom is 0.337 e. The summed E-state index contributed by atoms with van der Waals surface area (Å²) in [5.74, 6) is -0.959. The largest absolute Gasteiger partial charge is 0.478 e. The van der Waals surface area contributed by atoms with E-state index in [0.29, 0.717) is 10.3 Å². The first-order valence-electron chi connectivity index (χ1n) is 5.36. The monoisotopic (exact) mass is 256 g/mol. The lowest BCUT2D eigenvalue weighted by Crippen LogP contribution is -1.99.